The van der Waals surface area contributed by atoms with E-state index in [0.717, 1.165) is 6.92 Å². The molecule has 0 aliphatic heterocycles. The van der Waals surface area contributed by atoms with Crippen molar-refractivity contribution in [1.82, 2.24) is 0 Å². The maximum absolute atomic E-state index is 10.4. The molecule has 0 amide bonds. The maximum Gasteiger partial charge on any atom is 0.280 e. The topological polar surface area (TPSA) is 60.2 Å². The molecule has 0 aromatic carbocycles. The number of hydrogen-bond acceptors (Lipinski definition) is 3. The first-order chi connectivity index (χ1) is 4.59. The van der Waals surface area contributed by atoms with Gasteiger partial charge in [-0.3, -0.25) is 14.9 Å². The number of nitro groups is 1. The minimum atomic E-state index is -1.22. The van der Waals surface area contributed by atoms with Crippen LogP contribution in [0.3, 0.4) is 0 Å². The van der Waals surface area contributed by atoms with E-state index in [2.05, 4.69) is 5.92 Å². The van der Waals surface area contributed by atoms with Crippen LogP contribution in [0.25, 0.3) is 0 Å². The van der Waals surface area contributed by atoms with E-state index in [0.29, 0.717) is 0 Å². The summed E-state index contributed by atoms with van der Waals surface area (Å²) < 4.78 is 0. The number of nitrogens with zero attached hydrogens (tertiary/aromatic N) is 1. The molecular weight excluding hydrogens is 134 g/mol. The van der Waals surface area contributed by atoms with E-state index in [1.54, 1.807) is 0 Å². The van der Waals surface area contributed by atoms with Crippen molar-refractivity contribution in [3.05, 3.63) is 10.1 Å². The highest BCUT2D eigenvalue weighted by Gasteiger charge is 2.23. The van der Waals surface area contributed by atoms with Crippen LogP contribution < -0.4 is 0 Å². The van der Waals surface area contributed by atoms with Gasteiger partial charge in [-0.25, -0.2) is 0 Å². The monoisotopic (exact) mass is 141 g/mol. The maximum atomic E-state index is 10.4. The Balaban J connectivity index is 4.15. The summed E-state index contributed by atoms with van der Waals surface area (Å²) in [6.07, 6.45) is 4.68. The molecular formula is C6H7NO3. The van der Waals surface area contributed by atoms with Crippen LogP contribution in [-0.2, 0) is 4.79 Å². The highest BCUT2D eigenvalue weighted by atomic mass is 16.6. The molecule has 1 unspecified atom stereocenters. The summed E-state index contributed by atoms with van der Waals surface area (Å²) in [5, 5.41) is 10.0. The Morgan fingerprint density at radius 1 is 1.90 bits per heavy atom. The number of carbonyl (C=O) groups is 1. The molecule has 0 radical (unpaired) electrons. The van der Waals surface area contributed by atoms with E-state index < -0.39 is 16.7 Å². The van der Waals surface area contributed by atoms with Gasteiger partial charge in [-0.1, -0.05) is 5.92 Å². The minimum Gasteiger partial charge on any atom is -0.292 e. The quantitative estimate of drug-likeness (QED) is 0.321. The van der Waals surface area contributed by atoms with Crippen LogP contribution in [0.1, 0.15) is 13.3 Å². The number of ketones is 1. The summed E-state index contributed by atoms with van der Waals surface area (Å²) >= 11 is 0. The van der Waals surface area contributed by atoms with Crippen molar-refractivity contribution in [3.63, 3.8) is 0 Å². The Labute approximate surface area is 58.4 Å². The molecule has 0 saturated carbocycles. The first-order valence-electron chi connectivity index (χ1n) is 2.67. The van der Waals surface area contributed by atoms with Crippen LogP contribution in [0, 0.1) is 22.5 Å². The number of terminal acetylenes is 1. The van der Waals surface area contributed by atoms with Gasteiger partial charge in [-0.05, 0) is 0 Å². The lowest BCUT2D eigenvalue weighted by Gasteiger charge is -1.98. The second-order valence-electron chi connectivity index (χ2n) is 1.82. The van der Waals surface area contributed by atoms with Gasteiger partial charge in [0.25, 0.3) is 6.04 Å². The van der Waals surface area contributed by atoms with E-state index in [9.17, 15) is 14.9 Å². The van der Waals surface area contributed by atoms with Crippen LogP contribution in [0.15, 0.2) is 0 Å². The third-order valence-electron chi connectivity index (χ3n) is 1.03. The van der Waals surface area contributed by atoms with Gasteiger partial charge in [0.05, 0.1) is 6.42 Å². The fourth-order valence-corrected chi connectivity index (χ4v) is 0.478. The number of hydrogen-bond donors (Lipinski definition) is 0. The molecule has 4 nitrogen and oxygen atoms in total. The van der Waals surface area contributed by atoms with Crippen LogP contribution in [0.5, 0.6) is 0 Å². The van der Waals surface area contributed by atoms with Crippen LogP contribution >= 0.6 is 0 Å². The van der Waals surface area contributed by atoms with E-state index in [4.69, 9.17) is 6.42 Å². The second kappa shape index (κ2) is 3.62. The van der Waals surface area contributed by atoms with Gasteiger partial charge < -0.3 is 0 Å². The standard InChI is InChI=1S/C6H7NO3/c1-3-4-6(5(2)8)7(9)10/h1,6H,4H2,2H3. The number of rotatable bonds is 3. The van der Waals surface area contributed by atoms with Gasteiger partial charge in [-0.2, -0.15) is 0 Å². The van der Waals surface area contributed by atoms with Gasteiger partial charge in [-0.15, -0.1) is 6.42 Å². The minimum absolute atomic E-state index is 0.123. The van der Waals surface area contributed by atoms with Crippen LogP contribution in [0.4, 0.5) is 0 Å². The summed E-state index contributed by atoms with van der Waals surface area (Å²) in [6.45, 7) is 1.16. The molecule has 0 aliphatic carbocycles. The molecule has 0 aliphatic rings. The molecule has 0 fully saturated rings. The zero-order chi connectivity index (χ0) is 8.15. The van der Waals surface area contributed by atoms with Gasteiger partial charge >= 0.3 is 0 Å². The Bertz CT molecular complexity index is 178. The Morgan fingerprint density at radius 3 is 2.50 bits per heavy atom. The van der Waals surface area contributed by atoms with Crippen LogP contribution in [0.2, 0.25) is 0 Å². The Kier molecular flexibility index (Phi) is 3.12. The van der Waals surface area contributed by atoms with Gasteiger partial charge in [0.2, 0.25) is 5.78 Å². The van der Waals surface area contributed by atoms with E-state index >= 15 is 0 Å². The fraction of sp³-hybridized carbons (Fsp3) is 0.500. The second-order valence-corrected chi connectivity index (χ2v) is 1.82. The molecule has 54 valence electrons. The fourth-order valence-electron chi connectivity index (χ4n) is 0.478. The molecule has 0 N–H and O–H groups in total. The number of Topliss-reactive ketones (excluding diaryl/α,β-unsaturated/α-hetero) is 1. The van der Waals surface area contributed by atoms with Crippen molar-refractivity contribution in [2.75, 3.05) is 0 Å². The van der Waals surface area contributed by atoms with Gasteiger partial charge in [0.1, 0.15) is 0 Å². The first kappa shape index (κ1) is 8.63. The average Bonchev–Trinajstić information content (AvgIpc) is 1.81. The molecule has 0 bridgehead atoms. The molecule has 0 aromatic rings. The smallest absolute Gasteiger partial charge is 0.280 e. The van der Waals surface area contributed by atoms with E-state index in [1.807, 2.05) is 0 Å². The highest BCUT2D eigenvalue weighted by molar-refractivity contribution is 5.80. The molecule has 0 rings (SSSR count). The third-order valence-corrected chi connectivity index (χ3v) is 1.03. The molecule has 4 heteroatoms. The predicted molar refractivity (Wildman–Crippen MR) is 34.9 cm³/mol. The summed E-state index contributed by atoms with van der Waals surface area (Å²) in [5.74, 6) is 1.57. The summed E-state index contributed by atoms with van der Waals surface area (Å²) in [4.78, 5) is 19.8. The van der Waals surface area contributed by atoms with Crippen molar-refractivity contribution < 1.29 is 9.72 Å². The lowest BCUT2D eigenvalue weighted by Crippen LogP contribution is -2.26. The summed E-state index contributed by atoms with van der Waals surface area (Å²) in [5.41, 5.74) is 0. The van der Waals surface area contributed by atoms with Gasteiger partial charge in [0, 0.05) is 11.8 Å². The zero-order valence-corrected chi connectivity index (χ0v) is 5.53. The summed E-state index contributed by atoms with van der Waals surface area (Å²) in [6, 6.07) is -1.22. The van der Waals surface area contributed by atoms with E-state index in [-0.39, 0.29) is 6.42 Å². The molecule has 0 spiro atoms. The largest absolute Gasteiger partial charge is 0.292 e. The normalized spacial score (nSPS) is 11.6. The zero-order valence-electron chi connectivity index (χ0n) is 5.53. The third kappa shape index (κ3) is 2.27. The van der Waals surface area contributed by atoms with Crippen molar-refractivity contribution in [1.29, 1.82) is 0 Å². The van der Waals surface area contributed by atoms with Crippen molar-refractivity contribution >= 4 is 5.78 Å². The molecule has 0 saturated heterocycles. The van der Waals surface area contributed by atoms with Crippen molar-refractivity contribution in [2.45, 2.75) is 19.4 Å². The van der Waals surface area contributed by atoms with Crippen molar-refractivity contribution in [3.8, 4) is 12.3 Å². The molecule has 0 aromatic heterocycles. The molecule has 1 atom stereocenters. The lowest BCUT2D eigenvalue weighted by molar-refractivity contribution is -0.505. The van der Waals surface area contributed by atoms with Gasteiger partial charge in [0.15, 0.2) is 0 Å². The summed E-state index contributed by atoms with van der Waals surface area (Å²) in [7, 11) is 0. The Hall–Kier alpha value is -1.37. The lowest BCUT2D eigenvalue weighted by atomic mass is 10.1. The predicted octanol–water partition coefficient (Wildman–Crippen LogP) is 0.244. The highest BCUT2D eigenvalue weighted by Crippen LogP contribution is 1.96. The SMILES string of the molecule is C#CCC(C(C)=O)[N+](=O)[O-]. The number of carbonyl (C=O) groups excluding carboxylic acids is 1. The Morgan fingerprint density at radius 2 is 2.40 bits per heavy atom. The average molecular weight is 141 g/mol. The van der Waals surface area contributed by atoms with Crippen LogP contribution in [-0.4, -0.2) is 16.7 Å². The molecule has 10 heavy (non-hydrogen) atoms. The van der Waals surface area contributed by atoms with E-state index in [1.165, 1.54) is 0 Å². The molecule has 0 heterocycles. The first-order valence-corrected chi connectivity index (χ1v) is 2.67. The van der Waals surface area contributed by atoms with Crippen molar-refractivity contribution in [2.24, 2.45) is 0 Å².